The molecule has 0 saturated carbocycles. The molecule has 0 aliphatic rings. The number of carbonyl (C=O) groups excluding carboxylic acids is 1. The maximum atomic E-state index is 12.6. The predicted molar refractivity (Wildman–Crippen MR) is 141 cm³/mol. The number of allylic oxidation sites excluding steroid dienone is 1. The Hall–Kier alpha value is -3.93. The van der Waals surface area contributed by atoms with Crippen molar-refractivity contribution in [2.75, 3.05) is 0 Å². The van der Waals surface area contributed by atoms with Gasteiger partial charge in [-0.1, -0.05) is 121 Å². The molecule has 0 aliphatic heterocycles. The highest BCUT2D eigenvalue weighted by Gasteiger charge is 2.39. The average Bonchev–Trinajstić information content (AvgIpc) is 2.88. The van der Waals surface area contributed by atoms with E-state index in [1.807, 2.05) is 48.5 Å². The Kier molecular flexibility index (Phi) is 7.15. The Balaban J connectivity index is 1.84. The van der Waals surface area contributed by atoms with Gasteiger partial charge in [0, 0.05) is 12.0 Å². The maximum absolute atomic E-state index is 12.6. The average molecular weight is 443 g/mol. The van der Waals surface area contributed by atoms with Gasteiger partial charge in [0.2, 0.25) is 5.78 Å². The number of hydrogen-bond acceptors (Lipinski definition) is 1. The van der Waals surface area contributed by atoms with Gasteiger partial charge in [-0.05, 0) is 39.2 Å². The van der Waals surface area contributed by atoms with Crippen LogP contribution in [0.25, 0.3) is 0 Å². The lowest BCUT2D eigenvalue weighted by atomic mass is 10.1. The van der Waals surface area contributed by atoms with Gasteiger partial charge in [-0.15, -0.1) is 6.58 Å². The van der Waals surface area contributed by atoms with Crippen molar-refractivity contribution >= 4 is 29.4 Å². The van der Waals surface area contributed by atoms with E-state index in [1.54, 1.807) is 0 Å². The van der Waals surface area contributed by atoms with Crippen LogP contribution in [0, 0.1) is 11.8 Å². The zero-order chi connectivity index (χ0) is 22.9. The molecule has 0 radical (unpaired) electrons. The molecule has 0 saturated heterocycles. The van der Waals surface area contributed by atoms with Gasteiger partial charge in [-0.25, -0.2) is 0 Å². The predicted octanol–water partition coefficient (Wildman–Crippen LogP) is 4.51. The lowest BCUT2D eigenvalue weighted by Gasteiger charge is -2.33. The summed E-state index contributed by atoms with van der Waals surface area (Å²) in [6.45, 7) is 4.12. The normalized spacial score (nSPS) is 10.7. The number of rotatable bonds is 7. The van der Waals surface area contributed by atoms with Crippen molar-refractivity contribution in [1.29, 1.82) is 0 Å². The monoisotopic (exact) mass is 442 g/mol. The third-order valence-corrected chi connectivity index (χ3v) is 10.8. The van der Waals surface area contributed by atoms with Gasteiger partial charge in [0.05, 0.1) is 0 Å². The first-order chi connectivity index (χ1) is 16.2. The molecule has 0 aromatic heterocycles. The summed E-state index contributed by atoms with van der Waals surface area (Å²) >= 11 is 0. The fourth-order valence-corrected chi connectivity index (χ4v) is 9.00. The van der Waals surface area contributed by atoms with E-state index in [1.165, 1.54) is 15.6 Å². The number of carbonyl (C=O) groups is 1. The van der Waals surface area contributed by atoms with Crippen molar-refractivity contribution in [2.45, 2.75) is 12.5 Å². The van der Waals surface area contributed by atoms with Gasteiger partial charge in [-0.3, -0.25) is 4.79 Å². The smallest absolute Gasteiger partial charge is 0.210 e. The van der Waals surface area contributed by atoms with Crippen LogP contribution < -0.4 is 15.6 Å². The molecule has 0 bridgehead atoms. The maximum Gasteiger partial charge on any atom is 0.210 e. The molecule has 0 fully saturated rings. The molecule has 4 aromatic rings. The first-order valence-corrected chi connectivity index (χ1v) is 13.3. The van der Waals surface area contributed by atoms with E-state index in [0.717, 1.165) is 17.2 Å². The van der Waals surface area contributed by atoms with Crippen LogP contribution in [0.3, 0.4) is 0 Å². The van der Waals surface area contributed by atoms with Gasteiger partial charge in [0.25, 0.3) is 0 Å². The number of hydrogen-bond donors (Lipinski definition) is 0. The minimum absolute atomic E-state index is 0.0774. The van der Waals surface area contributed by atoms with Crippen LogP contribution >= 0.6 is 0 Å². The molecular formula is C31H26OSi. The summed E-state index contributed by atoms with van der Waals surface area (Å²) in [5, 5.41) is 3.82. The zero-order valence-electron chi connectivity index (χ0n) is 18.6. The third kappa shape index (κ3) is 4.95. The van der Waals surface area contributed by atoms with Crippen molar-refractivity contribution in [3.63, 3.8) is 0 Å². The molecule has 0 unspecified atom stereocenters. The van der Waals surface area contributed by atoms with E-state index in [2.05, 4.69) is 91.2 Å². The highest BCUT2D eigenvalue weighted by molar-refractivity contribution is 7.12. The van der Waals surface area contributed by atoms with E-state index in [-0.39, 0.29) is 5.78 Å². The molecule has 0 spiro atoms. The van der Waals surface area contributed by atoms with Gasteiger partial charge in [0.15, 0.2) is 8.07 Å². The second kappa shape index (κ2) is 10.6. The van der Waals surface area contributed by atoms with E-state index in [9.17, 15) is 4.79 Å². The number of ketones is 1. The van der Waals surface area contributed by atoms with Crippen LogP contribution in [-0.4, -0.2) is 13.9 Å². The highest BCUT2D eigenvalue weighted by atomic mass is 28.3. The van der Waals surface area contributed by atoms with Crippen LogP contribution in [0.4, 0.5) is 0 Å². The van der Waals surface area contributed by atoms with Crippen LogP contribution in [-0.2, 0) is 11.2 Å². The second-order valence-electron chi connectivity index (χ2n) is 8.01. The molecule has 160 valence electrons. The van der Waals surface area contributed by atoms with E-state index < -0.39 is 8.07 Å². The van der Waals surface area contributed by atoms with Gasteiger partial charge < -0.3 is 0 Å². The van der Waals surface area contributed by atoms with Gasteiger partial charge in [0.1, 0.15) is 0 Å². The van der Waals surface area contributed by atoms with Crippen molar-refractivity contribution in [2.24, 2.45) is 0 Å². The van der Waals surface area contributed by atoms with Crippen LogP contribution in [0.15, 0.2) is 128 Å². The highest BCUT2D eigenvalue weighted by Crippen LogP contribution is 2.15. The molecule has 4 rings (SSSR count). The molecule has 0 heterocycles. The lowest BCUT2D eigenvalue weighted by Crippen LogP contribution is -2.67. The first kappa shape index (κ1) is 22.3. The van der Waals surface area contributed by atoms with E-state index >= 15 is 0 Å². The Morgan fingerprint density at radius 1 is 0.727 bits per heavy atom. The summed E-state index contributed by atoms with van der Waals surface area (Å²) < 4.78 is 0. The Morgan fingerprint density at radius 3 is 1.82 bits per heavy atom. The second-order valence-corrected chi connectivity index (χ2v) is 11.9. The molecule has 0 aliphatic carbocycles. The Morgan fingerprint density at radius 2 is 1.24 bits per heavy atom. The molecule has 4 aromatic carbocycles. The third-order valence-electron chi connectivity index (χ3n) is 5.91. The summed E-state index contributed by atoms with van der Waals surface area (Å²) in [6.07, 6.45) is 2.35. The van der Waals surface area contributed by atoms with E-state index in [4.69, 9.17) is 0 Å². The summed E-state index contributed by atoms with van der Waals surface area (Å²) in [5.74, 6) is 6.07. The van der Waals surface area contributed by atoms with Crippen molar-refractivity contribution in [3.8, 4) is 11.8 Å². The fourth-order valence-electron chi connectivity index (χ4n) is 4.41. The standard InChI is InChI=1S/C31H26OSi/c1-2-24-33(29-17-8-4-9-18-29,30-19-10-5-11-20-30)31-21-13-12-16-27(31)22-23-28(32)25-26-14-6-3-7-15-26/h2-21H,1,24-25H2. The van der Waals surface area contributed by atoms with E-state index in [0.29, 0.717) is 6.42 Å². The zero-order valence-corrected chi connectivity index (χ0v) is 19.6. The number of benzene rings is 4. The topological polar surface area (TPSA) is 17.1 Å². The SMILES string of the molecule is C=CC[Si](c1ccccc1)(c1ccccc1)c1ccccc1C#CC(=O)Cc1ccccc1. The fraction of sp³-hybridized carbons (Fsp3) is 0.0645. The van der Waals surface area contributed by atoms with Gasteiger partial charge >= 0.3 is 0 Å². The Bertz CT molecular complexity index is 1240. The Labute approximate surface area is 197 Å². The number of Topliss-reactive ketones (excluding diaryl/α,β-unsaturated/α-hetero) is 1. The van der Waals surface area contributed by atoms with Crippen LogP contribution in [0.5, 0.6) is 0 Å². The summed E-state index contributed by atoms with van der Waals surface area (Å²) in [4.78, 5) is 12.6. The molecule has 0 N–H and O–H groups in total. The van der Waals surface area contributed by atoms with Crippen molar-refractivity contribution in [3.05, 3.63) is 139 Å². The minimum Gasteiger partial charge on any atom is -0.285 e. The quantitative estimate of drug-likeness (QED) is 0.178. The lowest BCUT2D eigenvalue weighted by molar-refractivity contribution is -0.113. The molecule has 33 heavy (non-hydrogen) atoms. The van der Waals surface area contributed by atoms with Crippen LogP contribution in [0.1, 0.15) is 11.1 Å². The summed E-state index contributed by atoms with van der Waals surface area (Å²) in [6, 6.07) is 40.2. The first-order valence-electron chi connectivity index (χ1n) is 11.1. The van der Waals surface area contributed by atoms with Crippen molar-refractivity contribution in [1.82, 2.24) is 0 Å². The molecular weight excluding hydrogens is 416 g/mol. The summed E-state index contributed by atoms with van der Waals surface area (Å²) in [7, 11) is -2.45. The van der Waals surface area contributed by atoms with Crippen molar-refractivity contribution < 1.29 is 4.79 Å². The minimum atomic E-state index is -2.45. The molecule has 2 heteroatoms. The molecule has 0 amide bonds. The molecule has 0 atom stereocenters. The summed E-state index contributed by atoms with van der Waals surface area (Å²) in [5.41, 5.74) is 1.90. The largest absolute Gasteiger partial charge is 0.285 e. The van der Waals surface area contributed by atoms with Gasteiger partial charge in [-0.2, -0.15) is 0 Å². The van der Waals surface area contributed by atoms with Crippen LogP contribution in [0.2, 0.25) is 6.04 Å². The molecule has 1 nitrogen and oxygen atoms in total.